The van der Waals surface area contributed by atoms with Crippen LogP contribution in [0.1, 0.15) is 18.4 Å². The lowest BCUT2D eigenvalue weighted by Gasteiger charge is -2.23. The summed E-state index contributed by atoms with van der Waals surface area (Å²) in [7, 11) is 0. The number of amides is 1. The molecule has 1 unspecified atom stereocenters. The van der Waals surface area contributed by atoms with Crippen molar-refractivity contribution >= 4 is 5.91 Å². The van der Waals surface area contributed by atoms with Crippen LogP contribution in [0.2, 0.25) is 0 Å². The molecule has 0 radical (unpaired) electrons. The maximum absolute atomic E-state index is 13.3. The molecule has 1 atom stereocenters. The predicted octanol–water partition coefficient (Wildman–Crippen LogP) is 1.33. The van der Waals surface area contributed by atoms with E-state index in [4.69, 9.17) is 0 Å². The first kappa shape index (κ1) is 12.0. The molecule has 1 amide bonds. The van der Waals surface area contributed by atoms with Crippen molar-refractivity contribution < 1.29 is 13.6 Å². The van der Waals surface area contributed by atoms with Crippen LogP contribution in [0.25, 0.3) is 0 Å². The van der Waals surface area contributed by atoms with Crippen LogP contribution in [0, 0.1) is 11.6 Å². The van der Waals surface area contributed by atoms with Crippen molar-refractivity contribution in [3.8, 4) is 0 Å². The molecule has 1 heterocycles. The smallest absolute Gasteiger partial charge is 0.237 e. The third-order valence-corrected chi connectivity index (χ3v) is 2.87. The molecular formula is C12H14F2N2O. The van der Waals surface area contributed by atoms with Crippen LogP contribution >= 0.6 is 0 Å². The number of carbonyl (C=O) groups is 1. The van der Waals surface area contributed by atoms with Gasteiger partial charge in [0, 0.05) is 18.7 Å². The number of halogens is 2. The van der Waals surface area contributed by atoms with E-state index in [1.165, 1.54) is 18.2 Å². The van der Waals surface area contributed by atoms with E-state index in [9.17, 15) is 13.6 Å². The van der Waals surface area contributed by atoms with E-state index in [0.29, 0.717) is 13.0 Å². The Balaban J connectivity index is 1.99. The van der Waals surface area contributed by atoms with E-state index in [2.05, 4.69) is 10.6 Å². The molecule has 0 aliphatic carbocycles. The summed E-state index contributed by atoms with van der Waals surface area (Å²) in [5, 5.41) is 5.59. The second kappa shape index (κ2) is 5.23. The Morgan fingerprint density at radius 1 is 1.35 bits per heavy atom. The highest BCUT2D eigenvalue weighted by molar-refractivity contribution is 5.82. The average molecular weight is 240 g/mol. The molecule has 3 nitrogen and oxygen atoms in total. The molecule has 1 aromatic rings. The summed E-state index contributed by atoms with van der Waals surface area (Å²) in [4.78, 5) is 11.4. The monoisotopic (exact) mass is 240 g/mol. The van der Waals surface area contributed by atoms with Crippen molar-refractivity contribution in [3.05, 3.63) is 35.4 Å². The van der Waals surface area contributed by atoms with Crippen LogP contribution in [-0.4, -0.2) is 18.5 Å². The Morgan fingerprint density at radius 2 is 2.06 bits per heavy atom. The van der Waals surface area contributed by atoms with E-state index in [1.54, 1.807) is 0 Å². The lowest BCUT2D eigenvalue weighted by atomic mass is 10.1. The Morgan fingerprint density at radius 3 is 2.71 bits per heavy atom. The SMILES string of the molecule is O=C1NCCCC1NCc1c(F)cccc1F. The van der Waals surface area contributed by atoms with Crippen LogP contribution in [0.15, 0.2) is 18.2 Å². The van der Waals surface area contributed by atoms with E-state index < -0.39 is 11.6 Å². The molecule has 17 heavy (non-hydrogen) atoms. The lowest BCUT2D eigenvalue weighted by Crippen LogP contribution is -2.48. The highest BCUT2D eigenvalue weighted by Gasteiger charge is 2.21. The number of benzene rings is 1. The molecule has 1 aliphatic heterocycles. The summed E-state index contributed by atoms with van der Waals surface area (Å²) >= 11 is 0. The van der Waals surface area contributed by atoms with E-state index >= 15 is 0 Å². The molecule has 0 aromatic heterocycles. The van der Waals surface area contributed by atoms with Gasteiger partial charge in [-0.3, -0.25) is 4.79 Å². The minimum absolute atomic E-state index is 0.0223. The van der Waals surface area contributed by atoms with Crippen LogP contribution in [-0.2, 0) is 11.3 Å². The third-order valence-electron chi connectivity index (χ3n) is 2.87. The fraction of sp³-hybridized carbons (Fsp3) is 0.417. The van der Waals surface area contributed by atoms with Gasteiger partial charge in [-0.2, -0.15) is 0 Å². The quantitative estimate of drug-likeness (QED) is 0.837. The summed E-state index contributed by atoms with van der Waals surface area (Å²) in [6.07, 6.45) is 1.57. The van der Waals surface area contributed by atoms with Crippen molar-refractivity contribution in [1.29, 1.82) is 0 Å². The lowest BCUT2D eigenvalue weighted by molar-refractivity contribution is -0.124. The van der Waals surface area contributed by atoms with Gasteiger partial charge < -0.3 is 10.6 Å². The molecule has 1 aliphatic rings. The average Bonchev–Trinajstić information content (AvgIpc) is 2.30. The zero-order valence-electron chi connectivity index (χ0n) is 9.30. The second-order valence-electron chi connectivity index (χ2n) is 4.07. The van der Waals surface area contributed by atoms with Crippen LogP contribution in [0.5, 0.6) is 0 Å². The maximum Gasteiger partial charge on any atom is 0.237 e. The van der Waals surface area contributed by atoms with Crippen molar-refractivity contribution in [2.24, 2.45) is 0 Å². The van der Waals surface area contributed by atoms with Gasteiger partial charge in [-0.25, -0.2) is 8.78 Å². The molecule has 0 spiro atoms. The molecule has 2 N–H and O–H groups in total. The Labute approximate surface area is 98.2 Å². The molecule has 2 rings (SSSR count). The molecular weight excluding hydrogens is 226 g/mol. The molecule has 0 saturated carbocycles. The standard InChI is InChI=1S/C12H14F2N2O/c13-9-3-1-4-10(14)8(9)7-16-11-5-2-6-15-12(11)17/h1,3-4,11,16H,2,5-7H2,(H,15,17). The van der Waals surface area contributed by atoms with Crippen molar-refractivity contribution in [3.63, 3.8) is 0 Å². The summed E-state index contributed by atoms with van der Waals surface area (Å²) in [5.74, 6) is -1.28. The van der Waals surface area contributed by atoms with Gasteiger partial charge in [-0.1, -0.05) is 6.07 Å². The zero-order valence-corrected chi connectivity index (χ0v) is 9.30. The number of hydrogen-bond acceptors (Lipinski definition) is 2. The van der Waals surface area contributed by atoms with Gasteiger partial charge in [0.2, 0.25) is 5.91 Å². The van der Waals surface area contributed by atoms with Gasteiger partial charge >= 0.3 is 0 Å². The van der Waals surface area contributed by atoms with Gasteiger partial charge in [0.15, 0.2) is 0 Å². The van der Waals surface area contributed by atoms with Crippen molar-refractivity contribution in [2.45, 2.75) is 25.4 Å². The molecule has 1 fully saturated rings. The fourth-order valence-corrected chi connectivity index (χ4v) is 1.89. The predicted molar refractivity (Wildman–Crippen MR) is 59.2 cm³/mol. The Kier molecular flexibility index (Phi) is 3.68. The molecule has 1 aromatic carbocycles. The first-order valence-electron chi connectivity index (χ1n) is 5.62. The number of rotatable bonds is 3. The minimum Gasteiger partial charge on any atom is -0.355 e. The largest absolute Gasteiger partial charge is 0.355 e. The number of piperidine rings is 1. The fourth-order valence-electron chi connectivity index (χ4n) is 1.89. The summed E-state index contributed by atoms with van der Waals surface area (Å²) in [6.45, 7) is 0.696. The summed E-state index contributed by atoms with van der Waals surface area (Å²) < 4.78 is 26.6. The number of carbonyl (C=O) groups excluding carboxylic acids is 1. The molecule has 0 bridgehead atoms. The first-order chi connectivity index (χ1) is 8.18. The topological polar surface area (TPSA) is 41.1 Å². The Hall–Kier alpha value is -1.49. The summed E-state index contributed by atoms with van der Waals surface area (Å²) in [5.41, 5.74) is -0.0223. The number of nitrogens with one attached hydrogen (secondary N) is 2. The van der Waals surface area contributed by atoms with Gasteiger partial charge in [0.05, 0.1) is 6.04 Å². The van der Waals surface area contributed by atoms with Crippen LogP contribution < -0.4 is 10.6 Å². The summed E-state index contributed by atoms with van der Waals surface area (Å²) in [6, 6.07) is 3.38. The van der Waals surface area contributed by atoms with Crippen LogP contribution in [0.3, 0.4) is 0 Å². The minimum atomic E-state index is -0.589. The Bertz CT molecular complexity index is 403. The normalized spacial score (nSPS) is 20.1. The van der Waals surface area contributed by atoms with Gasteiger partial charge in [0.1, 0.15) is 11.6 Å². The first-order valence-corrected chi connectivity index (χ1v) is 5.62. The molecule has 5 heteroatoms. The van der Waals surface area contributed by atoms with Gasteiger partial charge in [-0.05, 0) is 25.0 Å². The van der Waals surface area contributed by atoms with Crippen molar-refractivity contribution in [2.75, 3.05) is 6.54 Å². The van der Waals surface area contributed by atoms with E-state index in [-0.39, 0.29) is 24.1 Å². The van der Waals surface area contributed by atoms with E-state index in [1.807, 2.05) is 0 Å². The number of hydrogen-bond donors (Lipinski definition) is 2. The second-order valence-corrected chi connectivity index (χ2v) is 4.07. The van der Waals surface area contributed by atoms with Gasteiger partial charge in [0.25, 0.3) is 0 Å². The maximum atomic E-state index is 13.3. The van der Waals surface area contributed by atoms with Crippen molar-refractivity contribution in [1.82, 2.24) is 10.6 Å². The van der Waals surface area contributed by atoms with Gasteiger partial charge in [-0.15, -0.1) is 0 Å². The molecule has 92 valence electrons. The molecule has 1 saturated heterocycles. The zero-order chi connectivity index (χ0) is 12.3. The highest BCUT2D eigenvalue weighted by atomic mass is 19.1. The van der Waals surface area contributed by atoms with E-state index in [0.717, 1.165) is 6.42 Å². The third kappa shape index (κ3) is 2.79. The van der Waals surface area contributed by atoms with Crippen LogP contribution in [0.4, 0.5) is 8.78 Å². The highest BCUT2D eigenvalue weighted by Crippen LogP contribution is 2.12.